The topological polar surface area (TPSA) is 59.6 Å². The third kappa shape index (κ3) is 5.10. The normalized spacial score (nSPS) is 10.2. The largest absolute Gasteiger partial charge is 0.497 e. The van der Waals surface area contributed by atoms with Gasteiger partial charge in [0.05, 0.1) is 19.9 Å². The van der Waals surface area contributed by atoms with Gasteiger partial charge in [0.25, 0.3) is 0 Å². The second-order valence-corrected chi connectivity index (χ2v) is 5.16. The van der Waals surface area contributed by atoms with Crippen molar-refractivity contribution in [2.75, 3.05) is 19.5 Å². The molecule has 0 aromatic heterocycles. The summed E-state index contributed by atoms with van der Waals surface area (Å²) >= 11 is 5.16. The van der Waals surface area contributed by atoms with Gasteiger partial charge in [-0.05, 0) is 36.0 Å². The van der Waals surface area contributed by atoms with Crippen LogP contribution in [0.1, 0.15) is 5.56 Å². The van der Waals surface area contributed by atoms with Crippen LogP contribution in [0.3, 0.4) is 0 Å². The Bertz CT molecular complexity index is 745. The van der Waals surface area contributed by atoms with E-state index in [2.05, 4.69) is 10.6 Å². The summed E-state index contributed by atoms with van der Waals surface area (Å²) in [6.45, 7) is 0. The molecule has 0 unspecified atom stereocenters. The number of rotatable bonds is 5. The van der Waals surface area contributed by atoms with Crippen molar-refractivity contribution in [1.82, 2.24) is 5.32 Å². The summed E-state index contributed by atoms with van der Waals surface area (Å²) in [5.41, 5.74) is 1.54. The Morgan fingerprint density at radius 2 is 1.83 bits per heavy atom. The van der Waals surface area contributed by atoms with Crippen LogP contribution >= 0.6 is 12.2 Å². The number of hydrogen-bond donors (Lipinski definition) is 2. The SMILES string of the molecule is COc1ccc(OC)c(NC(=S)NC(=O)/C=C/c2ccccc2)c1. The summed E-state index contributed by atoms with van der Waals surface area (Å²) in [6, 6.07) is 14.8. The molecular formula is C18H18N2O3S. The molecule has 2 aromatic carbocycles. The molecule has 0 saturated heterocycles. The predicted molar refractivity (Wildman–Crippen MR) is 99.4 cm³/mol. The molecule has 1 amide bonds. The number of amides is 1. The minimum Gasteiger partial charge on any atom is -0.497 e. The van der Waals surface area contributed by atoms with E-state index in [0.29, 0.717) is 17.2 Å². The van der Waals surface area contributed by atoms with Crippen molar-refractivity contribution >= 4 is 35.0 Å². The highest BCUT2D eigenvalue weighted by molar-refractivity contribution is 7.80. The van der Waals surface area contributed by atoms with E-state index in [1.807, 2.05) is 30.3 Å². The Labute approximate surface area is 146 Å². The highest BCUT2D eigenvalue weighted by Gasteiger charge is 2.08. The molecule has 2 aromatic rings. The number of carbonyl (C=O) groups is 1. The molecule has 0 atom stereocenters. The summed E-state index contributed by atoms with van der Waals surface area (Å²) in [5.74, 6) is 0.918. The lowest BCUT2D eigenvalue weighted by molar-refractivity contribution is -0.115. The van der Waals surface area contributed by atoms with E-state index in [9.17, 15) is 4.79 Å². The third-order valence-corrected chi connectivity index (χ3v) is 3.32. The van der Waals surface area contributed by atoms with Gasteiger partial charge in [0.2, 0.25) is 5.91 Å². The molecule has 5 nitrogen and oxygen atoms in total. The number of anilines is 1. The summed E-state index contributed by atoms with van der Waals surface area (Å²) in [6.07, 6.45) is 3.14. The summed E-state index contributed by atoms with van der Waals surface area (Å²) < 4.78 is 10.4. The Kier molecular flexibility index (Phi) is 6.33. The van der Waals surface area contributed by atoms with Crippen LogP contribution < -0.4 is 20.1 Å². The van der Waals surface area contributed by atoms with Gasteiger partial charge >= 0.3 is 0 Å². The van der Waals surface area contributed by atoms with Crippen LogP contribution in [0.2, 0.25) is 0 Å². The molecular weight excluding hydrogens is 324 g/mol. The van der Waals surface area contributed by atoms with Crippen molar-refractivity contribution in [2.45, 2.75) is 0 Å². The van der Waals surface area contributed by atoms with Crippen LogP contribution in [-0.4, -0.2) is 25.2 Å². The zero-order chi connectivity index (χ0) is 17.4. The van der Waals surface area contributed by atoms with E-state index in [1.165, 1.54) is 6.08 Å². The first-order valence-corrected chi connectivity index (χ1v) is 7.60. The Morgan fingerprint density at radius 1 is 1.08 bits per heavy atom. The maximum atomic E-state index is 11.9. The monoisotopic (exact) mass is 342 g/mol. The number of ether oxygens (including phenoxy) is 2. The minimum atomic E-state index is -0.321. The number of carbonyl (C=O) groups excluding carboxylic acids is 1. The van der Waals surface area contributed by atoms with Crippen molar-refractivity contribution < 1.29 is 14.3 Å². The number of methoxy groups -OCH3 is 2. The van der Waals surface area contributed by atoms with Crippen LogP contribution in [0.25, 0.3) is 6.08 Å². The summed E-state index contributed by atoms with van der Waals surface area (Å²) in [7, 11) is 3.12. The maximum absolute atomic E-state index is 11.9. The molecule has 6 heteroatoms. The third-order valence-electron chi connectivity index (χ3n) is 3.12. The quantitative estimate of drug-likeness (QED) is 0.645. The molecule has 0 spiro atoms. The predicted octanol–water partition coefficient (Wildman–Crippen LogP) is 3.23. The van der Waals surface area contributed by atoms with Crippen LogP contribution in [0, 0.1) is 0 Å². The highest BCUT2D eigenvalue weighted by atomic mass is 32.1. The van der Waals surface area contributed by atoms with Gasteiger partial charge in [0.1, 0.15) is 11.5 Å². The fourth-order valence-electron chi connectivity index (χ4n) is 1.95. The van der Waals surface area contributed by atoms with Gasteiger partial charge < -0.3 is 14.8 Å². The van der Waals surface area contributed by atoms with Crippen LogP contribution in [0.4, 0.5) is 5.69 Å². The van der Waals surface area contributed by atoms with E-state index in [0.717, 1.165) is 5.56 Å². The lowest BCUT2D eigenvalue weighted by Gasteiger charge is -2.13. The van der Waals surface area contributed by atoms with Crippen molar-refractivity contribution in [3.8, 4) is 11.5 Å². The molecule has 0 bridgehead atoms. The lowest BCUT2D eigenvalue weighted by Crippen LogP contribution is -2.32. The molecule has 0 fully saturated rings. The molecule has 124 valence electrons. The van der Waals surface area contributed by atoms with Gasteiger partial charge in [0, 0.05) is 12.1 Å². The van der Waals surface area contributed by atoms with Gasteiger partial charge in [-0.3, -0.25) is 10.1 Å². The number of benzene rings is 2. The summed E-state index contributed by atoms with van der Waals surface area (Å²) in [5, 5.41) is 5.68. The van der Waals surface area contributed by atoms with Gasteiger partial charge in [-0.1, -0.05) is 30.3 Å². The smallest absolute Gasteiger partial charge is 0.250 e. The first-order valence-electron chi connectivity index (χ1n) is 7.19. The molecule has 0 heterocycles. The molecule has 0 radical (unpaired) electrons. The Hall–Kier alpha value is -2.86. The number of hydrogen-bond acceptors (Lipinski definition) is 4. The van der Waals surface area contributed by atoms with Crippen molar-refractivity contribution in [3.05, 3.63) is 60.2 Å². The Balaban J connectivity index is 1.98. The first-order chi connectivity index (χ1) is 11.6. The van der Waals surface area contributed by atoms with Crippen molar-refractivity contribution in [3.63, 3.8) is 0 Å². The second kappa shape index (κ2) is 8.69. The fraction of sp³-hybridized carbons (Fsp3) is 0.111. The Morgan fingerprint density at radius 3 is 2.50 bits per heavy atom. The molecule has 24 heavy (non-hydrogen) atoms. The zero-order valence-corrected chi connectivity index (χ0v) is 14.2. The molecule has 0 aliphatic heterocycles. The van der Waals surface area contributed by atoms with Gasteiger partial charge in [-0.2, -0.15) is 0 Å². The van der Waals surface area contributed by atoms with Gasteiger partial charge in [-0.15, -0.1) is 0 Å². The van der Waals surface area contributed by atoms with Crippen molar-refractivity contribution in [2.24, 2.45) is 0 Å². The molecule has 0 aliphatic rings. The fourth-order valence-corrected chi connectivity index (χ4v) is 2.17. The zero-order valence-electron chi connectivity index (χ0n) is 13.4. The molecule has 0 saturated carbocycles. The van der Waals surface area contributed by atoms with Crippen LogP contribution in [0.15, 0.2) is 54.6 Å². The van der Waals surface area contributed by atoms with E-state index >= 15 is 0 Å². The maximum Gasteiger partial charge on any atom is 0.250 e. The first kappa shape index (κ1) is 17.5. The van der Waals surface area contributed by atoms with Gasteiger partial charge in [0.15, 0.2) is 5.11 Å². The molecule has 2 N–H and O–H groups in total. The van der Waals surface area contributed by atoms with Crippen LogP contribution in [0.5, 0.6) is 11.5 Å². The van der Waals surface area contributed by atoms with E-state index in [4.69, 9.17) is 21.7 Å². The average Bonchev–Trinajstić information content (AvgIpc) is 2.60. The van der Waals surface area contributed by atoms with Crippen LogP contribution in [-0.2, 0) is 4.79 Å². The molecule has 2 rings (SSSR count). The minimum absolute atomic E-state index is 0.171. The van der Waals surface area contributed by atoms with E-state index in [-0.39, 0.29) is 11.0 Å². The van der Waals surface area contributed by atoms with E-state index in [1.54, 1.807) is 38.5 Å². The van der Waals surface area contributed by atoms with Crippen molar-refractivity contribution in [1.29, 1.82) is 0 Å². The average molecular weight is 342 g/mol. The summed E-state index contributed by atoms with van der Waals surface area (Å²) in [4.78, 5) is 11.9. The standard InChI is InChI=1S/C18H18N2O3S/c1-22-14-9-10-16(23-2)15(12-14)19-18(24)20-17(21)11-8-13-6-4-3-5-7-13/h3-12H,1-2H3,(H2,19,20,21,24)/b11-8+. The van der Waals surface area contributed by atoms with Gasteiger partial charge in [-0.25, -0.2) is 0 Å². The molecule has 0 aliphatic carbocycles. The number of nitrogens with one attached hydrogen (secondary N) is 2. The van der Waals surface area contributed by atoms with E-state index < -0.39 is 0 Å². The highest BCUT2D eigenvalue weighted by Crippen LogP contribution is 2.28. The second-order valence-electron chi connectivity index (χ2n) is 4.75. The lowest BCUT2D eigenvalue weighted by atomic mass is 10.2. The number of thiocarbonyl (C=S) groups is 1.